The first-order chi connectivity index (χ1) is 15.9. The Morgan fingerprint density at radius 3 is 2.42 bits per heavy atom. The molecule has 0 bridgehead atoms. The molecule has 2 N–H and O–H groups in total. The molecule has 2 heterocycles. The topological polar surface area (TPSA) is 107 Å². The molecule has 9 nitrogen and oxygen atoms in total. The summed E-state index contributed by atoms with van der Waals surface area (Å²) in [6, 6.07) is 11.6. The zero-order valence-corrected chi connectivity index (χ0v) is 18.7. The standard InChI is InChI=1S/C24H28N2O7/c1-3-30-18-6-8-19(9-7-18)33-15-17(27)14-26-22(28)24(2,25-23(26)29)16-5-10-20-21(13-16)32-12-4-11-31-20/h5-10,13,17,27H,3-4,11-12,14-15H2,1-2H3,(H,25,29). The Kier molecular flexibility index (Phi) is 6.60. The van der Waals surface area contributed by atoms with Crippen LogP contribution in [-0.4, -0.2) is 61.0 Å². The number of fused-ring (bicyclic) bond motifs is 1. The van der Waals surface area contributed by atoms with Crippen LogP contribution < -0.4 is 24.3 Å². The van der Waals surface area contributed by atoms with Crippen molar-refractivity contribution in [3.63, 3.8) is 0 Å². The van der Waals surface area contributed by atoms with Crippen LogP contribution in [0.2, 0.25) is 0 Å². The highest BCUT2D eigenvalue weighted by Gasteiger charge is 2.49. The van der Waals surface area contributed by atoms with Gasteiger partial charge < -0.3 is 29.4 Å². The van der Waals surface area contributed by atoms with E-state index in [1.807, 2.05) is 6.92 Å². The van der Waals surface area contributed by atoms with Crippen LogP contribution in [0.4, 0.5) is 4.79 Å². The number of imide groups is 1. The Hall–Kier alpha value is -3.46. The Bertz CT molecular complexity index is 1010. The summed E-state index contributed by atoms with van der Waals surface area (Å²) in [7, 11) is 0. The van der Waals surface area contributed by atoms with E-state index in [0.717, 1.165) is 17.1 Å². The Balaban J connectivity index is 1.39. The summed E-state index contributed by atoms with van der Waals surface area (Å²) in [5.41, 5.74) is -0.704. The van der Waals surface area contributed by atoms with Gasteiger partial charge in [-0.1, -0.05) is 6.07 Å². The fourth-order valence-electron chi connectivity index (χ4n) is 3.79. The molecule has 2 aromatic carbocycles. The van der Waals surface area contributed by atoms with Gasteiger partial charge in [-0.05, 0) is 55.8 Å². The highest BCUT2D eigenvalue weighted by molar-refractivity contribution is 6.07. The van der Waals surface area contributed by atoms with Crippen molar-refractivity contribution >= 4 is 11.9 Å². The predicted molar refractivity (Wildman–Crippen MR) is 119 cm³/mol. The number of carbonyl (C=O) groups excluding carboxylic acids is 2. The number of hydrogen-bond acceptors (Lipinski definition) is 7. The second-order valence-corrected chi connectivity index (χ2v) is 8.05. The number of rotatable bonds is 8. The van der Waals surface area contributed by atoms with Gasteiger partial charge >= 0.3 is 6.03 Å². The van der Waals surface area contributed by atoms with Gasteiger partial charge in [-0.2, -0.15) is 0 Å². The van der Waals surface area contributed by atoms with Crippen LogP contribution >= 0.6 is 0 Å². The van der Waals surface area contributed by atoms with E-state index in [1.54, 1.807) is 49.4 Å². The Morgan fingerprint density at radius 2 is 1.73 bits per heavy atom. The molecule has 2 unspecified atom stereocenters. The first-order valence-corrected chi connectivity index (χ1v) is 11.0. The largest absolute Gasteiger partial charge is 0.494 e. The maximum Gasteiger partial charge on any atom is 0.325 e. The lowest BCUT2D eigenvalue weighted by Crippen LogP contribution is -2.42. The number of aliphatic hydroxyl groups is 1. The number of carbonyl (C=O) groups is 2. The van der Waals surface area contributed by atoms with Gasteiger partial charge in [0.15, 0.2) is 11.5 Å². The number of nitrogens with zero attached hydrogens (tertiary/aromatic N) is 1. The molecule has 0 aliphatic carbocycles. The molecule has 1 saturated heterocycles. The summed E-state index contributed by atoms with van der Waals surface area (Å²) in [5.74, 6) is 1.96. The van der Waals surface area contributed by atoms with Crippen molar-refractivity contribution in [2.45, 2.75) is 31.9 Å². The zero-order valence-electron chi connectivity index (χ0n) is 18.7. The molecule has 2 atom stereocenters. The summed E-state index contributed by atoms with van der Waals surface area (Å²) >= 11 is 0. The van der Waals surface area contributed by atoms with E-state index in [1.165, 1.54) is 0 Å². The number of benzene rings is 2. The van der Waals surface area contributed by atoms with E-state index in [0.29, 0.717) is 42.6 Å². The third-order valence-electron chi connectivity index (χ3n) is 5.57. The number of aliphatic hydroxyl groups excluding tert-OH is 1. The zero-order chi connectivity index (χ0) is 23.4. The molecular formula is C24H28N2O7. The lowest BCUT2D eigenvalue weighted by atomic mass is 9.91. The normalized spacial score (nSPS) is 20.8. The molecule has 4 rings (SSSR count). The lowest BCUT2D eigenvalue weighted by molar-refractivity contribution is -0.132. The smallest absolute Gasteiger partial charge is 0.325 e. The van der Waals surface area contributed by atoms with E-state index in [9.17, 15) is 14.7 Å². The van der Waals surface area contributed by atoms with Gasteiger partial charge in [-0.15, -0.1) is 0 Å². The van der Waals surface area contributed by atoms with Crippen molar-refractivity contribution < 1.29 is 33.6 Å². The van der Waals surface area contributed by atoms with E-state index < -0.39 is 23.6 Å². The summed E-state index contributed by atoms with van der Waals surface area (Å²) in [6.45, 7) is 4.90. The number of ether oxygens (including phenoxy) is 4. The number of hydrogen-bond donors (Lipinski definition) is 2. The van der Waals surface area contributed by atoms with Crippen LogP contribution in [0.25, 0.3) is 0 Å². The van der Waals surface area contributed by atoms with Crippen LogP contribution in [0.15, 0.2) is 42.5 Å². The highest BCUT2D eigenvalue weighted by Crippen LogP contribution is 2.36. The van der Waals surface area contributed by atoms with Crippen LogP contribution in [0.1, 0.15) is 25.8 Å². The number of amides is 3. The first-order valence-electron chi connectivity index (χ1n) is 11.0. The second kappa shape index (κ2) is 9.58. The second-order valence-electron chi connectivity index (χ2n) is 8.05. The quantitative estimate of drug-likeness (QED) is 0.588. The van der Waals surface area contributed by atoms with Gasteiger partial charge in [-0.25, -0.2) is 4.79 Å². The van der Waals surface area contributed by atoms with Crippen LogP contribution in [0, 0.1) is 0 Å². The van der Waals surface area contributed by atoms with Gasteiger partial charge in [0.2, 0.25) is 0 Å². The number of urea groups is 1. The molecule has 3 amide bonds. The molecule has 176 valence electrons. The first kappa shape index (κ1) is 22.7. The minimum absolute atomic E-state index is 0.0776. The van der Waals surface area contributed by atoms with Crippen LogP contribution in [-0.2, 0) is 10.3 Å². The Labute approximate surface area is 192 Å². The molecule has 0 radical (unpaired) electrons. The van der Waals surface area contributed by atoms with E-state index in [4.69, 9.17) is 18.9 Å². The number of β-amino-alcohol motifs (C(OH)–C–C–N with tert-alkyl or cyclic N) is 1. The minimum atomic E-state index is -1.28. The summed E-state index contributed by atoms with van der Waals surface area (Å²) in [5, 5.41) is 13.2. The van der Waals surface area contributed by atoms with Crippen molar-refractivity contribution in [3.8, 4) is 23.0 Å². The maximum absolute atomic E-state index is 13.2. The molecule has 1 fully saturated rings. The fraction of sp³-hybridized carbons (Fsp3) is 0.417. The van der Waals surface area contributed by atoms with Gasteiger partial charge in [0.25, 0.3) is 5.91 Å². The van der Waals surface area contributed by atoms with Crippen molar-refractivity contribution in [2.24, 2.45) is 0 Å². The molecule has 33 heavy (non-hydrogen) atoms. The van der Waals surface area contributed by atoms with E-state index in [2.05, 4.69) is 5.32 Å². The average Bonchev–Trinajstić information content (AvgIpc) is 2.97. The van der Waals surface area contributed by atoms with Crippen molar-refractivity contribution in [2.75, 3.05) is 33.0 Å². The SMILES string of the molecule is CCOc1ccc(OCC(O)CN2C(=O)NC(C)(c3ccc4c(c3)OCCCO4)C2=O)cc1. The molecule has 9 heteroatoms. The Morgan fingerprint density at radius 1 is 1.06 bits per heavy atom. The van der Waals surface area contributed by atoms with E-state index >= 15 is 0 Å². The summed E-state index contributed by atoms with van der Waals surface area (Å²) in [4.78, 5) is 26.8. The van der Waals surface area contributed by atoms with Crippen molar-refractivity contribution in [1.82, 2.24) is 10.2 Å². The van der Waals surface area contributed by atoms with E-state index in [-0.39, 0.29) is 13.2 Å². The summed E-state index contributed by atoms with van der Waals surface area (Å²) < 4.78 is 22.3. The summed E-state index contributed by atoms with van der Waals surface area (Å²) in [6.07, 6.45) is -0.293. The van der Waals surface area contributed by atoms with Gasteiger partial charge in [-0.3, -0.25) is 9.69 Å². The van der Waals surface area contributed by atoms with Gasteiger partial charge in [0, 0.05) is 6.42 Å². The van der Waals surface area contributed by atoms with Crippen LogP contribution in [0.5, 0.6) is 23.0 Å². The van der Waals surface area contributed by atoms with Gasteiger partial charge in [0.05, 0.1) is 26.4 Å². The third-order valence-corrected chi connectivity index (χ3v) is 5.57. The number of nitrogens with one attached hydrogen (secondary N) is 1. The highest BCUT2D eigenvalue weighted by atomic mass is 16.5. The maximum atomic E-state index is 13.2. The molecule has 2 aromatic rings. The molecule has 2 aliphatic rings. The van der Waals surface area contributed by atoms with Crippen LogP contribution in [0.3, 0.4) is 0 Å². The molecule has 2 aliphatic heterocycles. The molecular weight excluding hydrogens is 428 g/mol. The minimum Gasteiger partial charge on any atom is -0.494 e. The van der Waals surface area contributed by atoms with Crippen molar-refractivity contribution in [3.05, 3.63) is 48.0 Å². The van der Waals surface area contributed by atoms with Gasteiger partial charge in [0.1, 0.15) is 29.7 Å². The predicted octanol–water partition coefficient (Wildman–Crippen LogP) is 2.45. The average molecular weight is 456 g/mol. The fourth-order valence-corrected chi connectivity index (χ4v) is 3.79. The molecule has 0 aromatic heterocycles. The monoisotopic (exact) mass is 456 g/mol. The molecule has 0 saturated carbocycles. The lowest BCUT2D eigenvalue weighted by Gasteiger charge is -2.24. The van der Waals surface area contributed by atoms with Crippen molar-refractivity contribution in [1.29, 1.82) is 0 Å². The third kappa shape index (κ3) is 4.83. The molecule has 0 spiro atoms.